The Morgan fingerprint density at radius 3 is 2.11 bits per heavy atom. The number of carbonyl (C=O) groups excluding carboxylic acids is 2. The van der Waals surface area contributed by atoms with E-state index in [9.17, 15) is 9.59 Å². The summed E-state index contributed by atoms with van der Waals surface area (Å²) in [6.45, 7) is 7.52. The van der Waals surface area contributed by atoms with Crippen LogP contribution in [-0.2, 0) is 9.59 Å². The molecule has 0 spiro atoms. The quantitative estimate of drug-likeness (QED) is 0.427. The number of carbonyl (C=O) groups is 2. The summed E-state index contributed by atoms with van der Waals surface area (Å²) in [6, 6.07) is 16.0. The molecule has 0 aliphatic heterocycles. The van der Waals surface area contributed by atoms with Crippen LogP contribution >= 0.6 is 0 Å². The van der Waals surface area contributed by atoms with Crippen LogP contribution in [-0.4, -0.2) is 42.9 Å². The minimum Gasteiger partial charge on any atom is -0.399 e. The van der Waals surface area contributed by atoms with Gasteiger partial charge < -0.3 is 16.0 Å². The number of nitrogens with one attached hydrogen (secondary N) is 1. The smallest absolute Gasteiger partial charge is 0.320 e. The molecular weight excluding hydrogens is 340 g/mol. The number of nitrogens with two attached hydrogens (primary N) is 1. The van der Waals surface area contributed by atoms with Crippen LogP contribution in [0.1, 0.15) is 20.3 Å². The van der Waals surface area contributed by atoms with Crippen molar-refractivity contribution in [3.8, 4) is 0 Å². The molecule has 0 aliphatic carbocycles. The van der Waals surface area contributed by atoms with Crippen LogP contribution in [0.25, 0.3) is 0 Å². The lowest BCUT2D eigenvalue weighted by Gasteiger charge is -2.23. The first-order valence-corrected chi connectivity index (χ1v) is 9.32. The first-order chi connectivity index (χ1) is 13.1. The monoisotopic (exact) mass is 368 g/mol. The lowest BCUT2D eigenvalue weighted by Crippen LogP contribution is -2.41. The third-order valence-electron chi connectivity index (χ3n) is 4.39. The topological polar surface area (TPSA) is 78.7 Å². The van der Waals surface area contributed by atoms with Crippen molar-refractivity contribution in [2.24, 2.45) is 0 Å². The lowest BCUT2D eigenvalue weighted by molar-refractivity contribution is -0.137. The van der Waals surface area contributed by atoms with Gasteiger partial charge in [0.25, 0.3) is 0 Å². The van der Waals surface area contributed by atoms with E-state index in [2.05, 4.69) is 24.1 Å². The lowest BCUT2D eigenvalue weighted by atomic mass is 10.2. The minimum atomic E-state index is -0.617. The normalized spacial score (nSPS) is 10.6. The zero-order valence-electron chi connectivity index (χ0n) is 16.0. The van der Waals surface area contributed by atoms with Crippen LogP contribution in [0.4, 0.5) is 17.1 Å². The summed E-state index contributed by atoms with van der Waals surface area (Å²) in [6.07, 6.45) is 0.800. The van der Waals surface area contributed by atoms with Gasteiger partial charge in [-0.05, 0) is 62.5 Å². The number of anilines is 3. The molecule has 3 N–H and O–H groups in total. The van der Waals surface area contributed by atoms with Crippen molar-refractivity contribution >= 4 is 28.9 Å². The number of nitrogens with zero attached hydrogens (tertiary/aromatic N) is 2. The fourth-order valence-electron chi connectivity index (χ4n) is 2.81. The zero-order valence-corrected chi connectivity index (χ0v) is 16.0. The van der Waals surface area contributed by atoms with Gasteiger partial charge in [-0.15, -0.1) is 0 Å². The molecule has 0 aromatic heterocycles. The number of para-hydroxylation sites is 1. The molecule has 144 valence electrons. The average molecular weight is 368 g/mol. The van der Waals surface area contributed by atoms with Crippen molar-refractivity contribution in [3.63, 3.8) is 0 Å². The highest BCUT2D eigenvalue weighted by Crippen LogP contribution is 2.26. The van der Waals surface area contributed by atoms with E-state index in [1.165, 1.54) is 4.90 Å². The molecule has 2 amide bonds. The molecule has 2 aromatic rings. The summed E-state index contributed by atoms with van der Waals surface area (Å²) in [5, 5.41) is 2.74. The van der Waals surface area contributed by atoms with E-state index in [4.69, 9.17) is 5.73 Å². The molecule has 0 saturated heterocycles. The van der Waals surface area contributed by atoms with E-state index < -0.39 is 11.8 Å². The molecule has 6 nitrogen and oxygen atoms in total. The molecule has 0 bridgehead atoms. The predicted octanol–water partition coefficient (Wildman–Crippen LogP) is 2.78. The second-order valence-electron chi connectivity index (χ2n) is 6.20. The van der Waals surface area contributed by atoms with E-state index in [0.717, 1.165) is 26.1 Å². The molecule has 0 atom stereocenters. The van der Waals surface area contributed by atoms with Crippen molar-refractivity contribution in [2.75, 3.05) is 36.8 Å². The summed E-state index contributed by atoms with van der Waals surface area (Å²) < 4.78 is 0. The maximum absolute atomic E-state index is 12.8. The van der Waals surface area contributed by atoms with Crippen molar-refractivity contribution in [1.82, 2.24) is 10.2 Å². The maximum atomic E-state index is 12.8. The van der Waals surface area contributed by atoms with Crippen LogP contribution in [0.5, 0.6) is 0 Å². The third-order valence-corrected chi connectivity index (χ3v) is 4.39. The van der Waals surface area contributed by atoms with Gasteiger partial charge in [0.15, 0.2) is 0 Å². The highest BCUT2D eigenvalue weighted by atomic mass is 16.2. The molecular formula is C21H28N4O2. The highest BCUT2D eigenvalue weighted by Gasteiger charge is 2.24. The van der Waals surface area contributed by atoms with Gasteiger partial charge in [0, 0.05) is 23.6 Å². The molecule has 0 saturated carbocycles. The van der Waals surface area contributed by atoms with Crippen LogP contribution in [0, 0.1) is 0 Å². The van der Waals surface area contributed by atoms with Gasteiger partial charge in [-0.25, -0.2) is 0 Å². The molecule has 2 rings (SSSR count). The fourth-order valence-corrected chi connectivity index (χ4v) is 2.81. The van der Waals surface area contributed by atoms with Crippen molar-refractivity contribution in [1.29, 1.82) is 0 Å². The molecule has 0 aliphatic rings. The molecule has 2 aromatic carbocycles. The minimum absolute atomic E-state index is 0.464. The Kier molecular flexibility index (Phi) is 7.82. The number of amides is 2. The summed E-state index contributed by atoms with van der Waals surface area (Å²) in [4.78, 5) is 29.0. The predicted molar refractivity (Wildman–Crippen MR) is 110 cm³/mol. The van der Waals surface area contributed by atoms with Crippen LogP contribution in [0.3, 0.4) is 0 Å². The van der Waals surface area contributed by atoms with Gasteiger partial charge in [-0.2, -0.15) is 0 Å². The largest absolute Gasteiger partial charge is 0.399 e. The number of nitrogen functional groups attached to an aromatic ring is 1. The SMILES string of the molecule is CCN(CC)CCCNC(=O)C(=O)N(c1ccccc1)c1ccc(N)cc1. The number of hydrogen-bond donors (Lipinski definition) is 2. The van der Waals surface area contributed by atoms with E-state index >= 15 is 0 Å². The first kappa shape index (κ1) is 20.5. The molecule has 6 heteroatoms. The highest BCUT2D eigenvalue weighted by molar-refractivity contribution is 6.42. The Morgan fingerprint density at radius 2 is 1.52 bits per heavy atom. The van der Waals surface area contributed by atoms with Gasteiger partial charge in [0.05, 0.1) is 0 Å². The Labute approximate surface area is 161 Å². The second kappa shape index (κ2) is 10.3. The summed E-state index contributed by atoms with van der Waals surface area (Å²) in [7, 11) is 0. The second-order valence-corrected chi connectivity index (χ2v) is 6.20. The van der Waals surface area contributed by atoms with Gasteiger partial charge >= 0.3 is 11.8 Å². The maximum Gasteiger partial charge on any atom is 0.320 e. The molecule has 0 heterocycles. The Balaban J connectivity index is 2.07. The van der Waals surface area contributed by atoms with Gasteiger partial charge in [-0.3, -0.25) is 14.5 Å². The number of hydrogen-bond acceptors (Lipinski definition) is 4. The number of benzene rings is 2. The summed E-state index contributed by atoms with van der Waals surface area (Å²) in [5.41, 5.74) is 7.57. The van der Waals surface area contributed by atoms with Gasteiger partial charge in [-0.1, -0.05) is 32.0 Å². The Bertz CT molecular complexity index is 728. The van der Waals surface area contributed by atoms with Gasteiger partial charge in [0.1, 0.15) is 0 Å². The van der Waals surface area contributed by atoms with Crippen LogP contribution in [0.15, 0.2) is 54.6 Å². The van der Waals surface area contributed by atoms with E-state index in [0.29, 0.717) is 23.6 Å². The molecule has 0 radical (unpaired) electrons. The summed E-state index contributed by atoms with van der Waals surface area (Å²) in [5.74, 6) is -1.23. The van der Waals surface area contributed by atoms with Crippen molar-refractivity contribution in [2.45, 2.75) is 20.3 Å². The Hall–Kier alpha value is -2.86. The molecule has 0 unspecified atom stereocenters. The van der Waals surface area contributed by atoms with Crippen LogP contribution in [0.2, 0.25) is 0 Å². The van der Waals surface area contributed by atoms with E-state index in [-0.39, 0.29) is 0 Å². The van der Waals surface area contributed by atoms with E-state index in [1.54, 1.807) is 36.4 Å². The molecule has 27 heavy (non-hydrogen) atoms. The van der Waals surface area contributed by atoms with Crippen molar-refractivity contribution < 1.29 is 9.59 Å². The number of rotatable bonds is 8. The summed E-state index contributed by atoms with van der Waals surface area (Å²) >= 11 is 0. The standard InChI is InChI=1S/C21H28N4O2/c1-3-24(4-2)16-8-15-23-20(26)21(27)25(18-9-6-5-7-10-18)19-13-11-17(22)12-14-19/h5-7,9-14H,3-4,8,15-16,22H2,1-2H3,(H,23,26). The zero-order chi connectivity index (χ0) is 19.6. The molecule has 0 fully saturated rings. The fraction of sp³-hybridized carbons (Fsp3) is 0.333. The van der Waals surface area contributed by atoms with Crippen molar-refractivity contribution in [3.05, 3.63) is 54.6 Å². The average Bonchev–Trinajstić information content (AvgIpc) is 2.70. The third kappa shape index (κ3) is 5.82. The van der Waals surface area contributed by atoms with E-state index in [1.807, 2.05) is 18.2 Å². The Morgan fingerprint density at radius 1 is 0.926 bits per heavy atom. The van der Waals surface area contributed by atoms with Gasteiger partial charge in [0.2, 0.25) is 0 Å². The van der Waals surface area contributed by atoms with Crippen LogP contribution < -0.4 is 16.0 Å². The first-order valence-electron chi connectivity index (χ1n) is 9.32.